The number of carboxylic acids is 1. The van der Waals surface area contributed by atoms with Crippen molar-refractivity contribution in [1.82, 2.24) is 9.59 Å². The first kappa shape index (κ1) is 12.5. The summed E-state index contributed by atoms with van der Waals surface area (Å²) in [5.41, 5.74) is 1.27. The van der Waals surface area contributed by atoms with E-state index in [1.807, 2.05) is 0 Å². The molecule has 1 atom stereocenters. The van der Waals surface area contributed by atoms with Gasteiger partial charge in [-0.2, -0.15) is 0 Å². The number of carbonyl (C=O) groups is 2. The van der Waals surface area contributed by atoms with Crippen LogP contribution in [0.15, 0.2) is 30.5 Å². The fraction of sp³-hybridized carbons (Fsp3) is 0.167. The summed E-state index contributed by atoms with van der Waals surface area (Å²) in [6.07, 6.45) is 1.44. The number of urea groups is 1. The van der Waals surface area contributed by atoms with Gasteiger partial charge < -0.3 is 5.11 Å². The number of hydrogen-bond donors (Lipinski definition) is 2. The number of para-hydroxylation sites is 1. The van der Waals surface area contributed by atoms with Crippen LogP contribution in [0, 0.1) is 0 Å². The number of aromatic nitrogens is 2. The maximum absolute atomic E-state index is 12.2. The largest absolute Gasteiger partial charge is 0.481 e. The van der Waals surface area contributed by atoms with E-state index >= 15 is 0 Å². The molecule has 1 aliphatic heterocycles. The SMILES string of the molecule is O=C(O)C1CN(C(=O)Nc2cnns2)c2ccccc21. The Bertz CT molecular complexity index is 658. The molecule has 0 radical (unpaired) electrons. The minimum Gasteiger partial charge on any atom is -0.481 e. The predicted octanol–water partition coefficient (Wildman–Crippen LogP) is 1.76. The number of hydrogen-bond acceptors (Lipinski definition) is 5. The number of nitrogens with one attached hydrogen (secondary N) is 1. The number of carbonyl (C=O) groups excluding carboxylic acids is 1. The van der Waals surface area contributed by atoms with Gasteiger partial charge >= 0.3 is 12.0 Å². The molecule has 0 saturated heterocycles. The lowest BCUT2D eigenvalue weighted by Crippen LogP contribution is -2.34. The van der Waals surface area contributed by atoms with Crippen molar-refractivity contribution in [3.05, 3.63) is 36.0 Å². The van der Waals surface area contributed by atoms with Crippen molar-refractivity contribution in [3.63, 3.8) is 0 Å². The minimum atomic E-state index is -0.938. The van der Waals surface area contributed by atoms with E-state index in [9.17, 15) is 14.7 Å². The third kappa shape index (κ3) is 2.10. The molecule has 20 heavy (non-hydrogen) atoms. The summed E-state index contributed by atoms with van der Waals surface area (Å²) in [5.74, 6) is -1.64. The van der Waals surface area contributed by atoms with E-state index in [2.05, 4.69) is 14.9 Å². The van der Waals surface area contributed by atoms with Crippen molar-refractivity contribution in [2.45, 2.75) is 5.92 Å². The molecule has 7 nitrogen and oxygen atoms in total. The summed E-state index contributed by atoms with van der Waals surface area (Å²) in [6, 6.07) is 6.63. The van der Waals surface area contributed by atoms with E-state index in [-0.39, 0.29) is 12.6 Å². The van der Waals surface area contributed by atoms with E-state index < -0.39 is 11.9 Å². The highest BCUT2D eigenvalue weighted by atomic mass is 32.1. The minimum absolute atomic E-state index is 0.118. The molecular formula is C12H10N4O3S. The smallest absolute Gasteiger partial charge is 0.327 e. The van der Waals surface area contributed by atoms with E-state index in [4.69, 9.17) is 0 Å². The van der Waals surface area contributed by atoms with Gasteiger partial charge in [0.15, 0.2) is 0 Å². The quantitative estimate of drug-likeness (QED) is 0.878. The van der Waals surface area contributed by atoms with Crippen LogP contribution >= 0.6 is 11.5 Å². The number of benzene rings is 1. The highest BCUT2D eigenvalue weighted by molar-refractivity contribution is 7.10. The van der Waals surface area contributed by atoms with Crippen molar-refractivity contribution >= 4 is 34.2 Å². The summed E-state index contributed by atoms with van der Waals surface area (Å²) in [6.45, 7) is 0.118. The Labute approximate surface area is 118 Å². The lowest BCUT2D eigenvalue weighted by atomic mass is 10.0. The van der Waals surface area contributed by atoms with Crippen LogP contribution in [-0.2, 0) is 4.79 Å². The molecule has 2 heterocycles. The van der Waals surface area contributed by atoms with Crippen LogP contribution in [0.1, 0.15) is 11.5 Å². The maximum atomic E-state index is 12.2. The standard InChI is InChI=1S/C12H10N4O3S/c17-11(18)8-6-16(9-4-2-1-3-7(8)9)12(19)14-10-5-13-15-20-10/h1-5,8H,6H2,(H,14,19)(H,17,18). The Kier molecular flexibility index (Phi) is 3.07. The number of nitrogens with zero attached hydrogens (tertiary/aromatic N) is 3. The van der Waals surface area contributed by atoms with E-state index in [0.717, 1.165) is 11.5 Å². The first-order valence-electron chi connectivity index (χ1n) is 5.84. The summed E-state index contributed by atoms with van der Waals surface area (Å²) in [5, 5.41) is 16.0. The second kappa shape index (κ2) is 4.89. The second-order valence-corrected chi connectivity index (χ2v) is 5.06. The average Bonchev–Trinajstić information content (AvgIpc) is 3.05. The van der Waals surface area contributed by atoms with E-state index in [1.54, 1.807) is 24.3 Å². The number of amides is 2. The highest BCUT2D eigenvalue weighted by Gasteiger charge is 2.36. The summed E-state index contributed by atoms with van der Waals surface area (Å²) in [7, 11) is 0. The zero-order chi connectivity index (χ0) is 14.1. The predicted molar refractivity (Wildman–Crippen MR) is 73.1 cm³/mol. The number of fused-ring (bicyclic) bond motifs is 1. The zero-order valence-electron chi connectivity index (χ0n) is 10.2. The monoisotopic (exact) mass is 290 g/mol. The molecule has 0 spiro atoms. The van der Waals surface area contributed by atoms with E-state index in [1.165, 1.54) is 11.1 Å². The summed E-state index contributed by atoms with van der Waals surface area (Å²) >= 11 is 1.06. The second-order valence-electron chi connectivity index (χ2n) is 4.27. The number of rotatable bonds is 2. The van der Waals surface area contributed by atoms with Gasteiger partial charge in [0, 0.05) is 23.8 Å². The molecule has 8 heteroatoms. The Morgan fingerprint density at radius 3 is 2.90 bits per heavy atom. The van der Waals surface area contributed by atoms with Crippen molar-refractivity contribution in [2.75, 3.05) is 16.8 Å². The lowest BCUT2D eigenvalue weighted by molar-refractivity contribution is -0.138. The van der Waals surface area contributed by atoms with Crippen LogP contribution in [0.5, 0.6) is 0 Å². The molecule has 2 amide bonds. The van der Waals surface area contributed by atoms with Crippen LogP contribution in [-0.4, -0.2) is 33.2 Å². The van der Waals surface area contributed by atoms with Gasteiger partial charge in [0.05, 0.1) is 6.20 Å². The van der Waals surface area contributed by atoms with Crippen LogP contribution in [0.2, 0.25) is 0 Å². The topological polar surface area (TPSA) is 95.4 Å². The van der Waals surface area contributed by atoms with Crippen LogP contribution in [0.25, 0.3) is 0 Å². The van der Waals surface area contributed by atoms with Crippen molar-refractivity contribution in [1.29, 1.82) is 0 Å². The summed E-state index contributed by atoms with van der Waals surface area (Å²) in [4.78, 5) is 24.9. The van der Waals surface area contributed by atoms with Crippen LogP contribution < -0.4 is 10.2 Å². The molecular weight excluding hydrogens is 280 g/mol. The third-order valence-corrected chi connectivity index (χ3v) is 3.68. The Hall–Kier alpha value is -2.48. The van der Waals surface area contributed by atoms with Gasteiger partial charge in [-0.1, -0.05) is 22.7 Å². The highest BCUT2D eigenvalue weighted by Crippen LogP contribution is 2.36. The molecule has 0 saturated carbocycles. The zero-order valence-corrected chi connectivity index (χ0v) is 11.0. The molecule has 0 fully saturated rings. The molecule has 2 aromatic rings. The van der Waals surface area contributed by atoms with Gasteiger partial charge in [-0.25, -0.2) is 4.79 Å². The van der Waals surface area contributed by atoms with Gasteiger partial charge in [0.2, 0.25) is 0 Å². The van der Waals surface area contributed by atoms with Gasteiger partial charge in [-0.05, 0) is 11.6 Å². The fourth-order valence-corrected chi connectivity index (χ4v) is 2.62. The first-order chi connectivity index (χ1) is 9.66. The first-order valence-corrected chi connectivity index (χ1v) is 6.62. The maximum Gasteiger partial charge on any atom is 0.327 e. The van der Waals surface area contributed by atoms with Crippen molar-refractivity contribution in [3.8, 4) is 0 Å². The molecule has 1 unspecified atom stereocenters. The third-order valence-electron chi connectivity index (χ3n) is 3.10. The average molecular weight is 290 g/mol. The van der Waals surface area contributed by atoms with Crippen LogP contribution in [0.3, 0.4) is 0 Å². The molecule has 0 bridgehead atoms. The normalized spacial score (nSPS) is 16.8. The van der Waals surface area contributed by atoms with Gasteiger partial charge in [-0.3, -0.25) is 15.0 Å². The molecule has 102 valence electrons. The van der Waals surface area contributed by atoms with Crippen molar-refractivity contribution in [2.24, 2.45) is 0 Å². The number of aliphatic carboxylic acids is 1. The van der Waals surface area contributed by atoms with Gasteiger partial charge in [-0.15, -0.1) is 5.10 Å². The molecule has 1 aliphatic rings. The molecule has 0 aliphatic carbocycles. The molecule has 3 rings (SSSR count). The Morgan fingerprint density at radius 2 is 2.20 bits per heavy atom. The number of anilines is 2. The Balaban J connectivity index is 1.88. The van der Waals surface area contributed by atoms with Gasteiger partial charge in [0.25, 0.3) is 0 Å². The number of carboxylic acid groups (broad SMARTS) is 1. The molecule has 1 aromatic heterocycles. The fourth-order valence-electron chi connectivity index (χ4n) is 2.21. The van der Waals surface area contributed by atoms with E-state index in [0.29, 0.717) is 16.3 Å². The summed E-state index contributed by atoms with van der Waals surface area (Å²) < 4.78 is 3.65. The molecule has 1 aromatic carbocycles. The van der Waals surface area contributed by atoms with Crippen LogP contribution in [0.4, 0.5) is 15.5 Å². The lowest BCUT2D eigenvalue weighted by Gasteiger charge is -2.17. The Morgan fingerprint density at radius 1 is 1.40 bits per heavy atom. The van der Waals surface area contributed by atoms with Gasteiger partial charge in [0.1, 0.15) is 10.9 Å². The molecule has 2 N–H and O–H groups in total. The van der Waals surface area contributed by atoms with Crippen molar-refractivity contribution < 1.29 is 14.7 Å².